The van der Waals surface area contributed by atoms with Crippen LogP contribution < -0.4 is 29.9 Å². The highest BCUT2D eigenvalue weighted by Gasteiger charge is 2.13. The predicted octanol–water partition coefficient (Wildman–Crippen LogP) is 4.98. The van der Waals surface area contributed by atoms with Gasteiger partial charge in [0.25, 0.3) is 0 Å². The van der Waals surface area contributed by atoms with E-state index in [1.54, 1.807) is 6.07 Å². The van der Waals surface area contributed by atoms with Crippen LogP contribution in [0.2, 0.25) is 0 Å². The summed E-state index contributed by atoms with van der Waals surface area (Å²) < 4.78 is 10.2. The molecule has 8 heteroatoms. The molecule has 0 aliphatic rings. The van der Waals surface area contributed by atoms with Gasteiger partial charge in [-0.1, -0.05) is 12.2 Å². The molecule has 35 heavy (non-hydrogen) atoms. The standard InChI is InChI=1S/C16H22N2O2.C11H16N2O2/c1-6-8-18(9-7-2)15-12(3)10-14(11-13(15)4)20-16(19)17-5;1-8-7-9(15-11(14)12-2)5-6-10(8)13(3)4/h6-7,10-11H,1-2,8-9H2,3-5H3,(H,17,19);5-7H,1-4H3,(H,12,14). The lowest BCUT2D eigenvalue weighted by molar-refractivity contribution is 0.202. The van der Waals surface area contributed by atoms with E-state index in [0.717, 1.165) is 41.2 Å². The third kappa shape index (κ3) is 9.08. The van der Waals surface area contributed by atoms with E-state index in [4.69, 9.17) is 9.47 Å². The number of amides is 2. The number of nitrogens with zero attached hydrogens (tertiary/aromatic N) is 2. The zero-order valence-corrected chi connectivity index (χ0v) is 21.9. The van der Waals surface area contributed by atoms with Gasteiger partial charge in [0, 0.05) is 52.7 Å². The van der Waals surface area contributed by atoms with Crippen molar-refractivity contribution in [3.63, 3.8) is 0 Å². The Kier molecular flexibility index (Phi) is 11.9. The van der Waals surface area contributed by atoms with E-state index < -0.39 is 12.2 Å². The molecule has 0 unspecified atom stereocenters. The summed E-state index contributed by atoms with van der Waals surface area (Å²) in [4.78, 5) is 26.4. The van der Waals surface area contributed by atoms with E-state index in [1.807, 2.05) is 76.2 Å². The van der Waals surface area contributed by atoms with Crippen LogP contribution in [0.25, 0.3) is 0 Å². The van der Waals surface area contributed by atoms with Gasteiger partial charge in [0.15, 0.2) is 0 Å². The summed E-state index contributed by atoms with van der Waals surface area (Å²) in [6.45, 7) is 15.0. The lowest BCUT2D eigenvalue weighted by atomic mass is 10.1. The zero-order chi connectivity index (χ0) is 26.5. The van der Waals surface area contributed by atoms with E-state index >= 15 is 0 Å². The van der Waals surface area contributed by atoms with Crippen molar-refractivity contribution in [3.05, 3.63) is 72.3 Å². The number of carbonyl (C=O) groups excluding carboxylic acids is 2. The minimum absolute atomic E-state index is 0.452. The lowest BCUT2D eigenvalue weighted by Gasteiger charge is -2.26. The summed E-state index contributed by atoms with van der Waals surface area (Å²) in [5.41, 5.74) is 5.40. The zero-order valence-electron chi connectivity index (χ0n) is 21.9. The van der Waals surface area contributed by atoms with Crippen molar-refractivity contribution in [1.82, 2.24) is 10.6 Å². The highest BCUT2D eigenvalue weighted by molar-refractivity contribution is 5.72. The second-order valence-electron chi connectivity index (χ2n) is 8.01. The molecular weight excluding hydrogens is 444 g/mol. The third-order valence-corrected chi connectivity index (χ3v) is 4.96. The molecule has 8 nitrogen and oxygen atoms in total. The molecule has 0 saturated heterocycles. The van der Waals surface area contributed by atoms with Gasteiger partial charge < -0.3 is 29.9 Å². The molecule has 0 aliphatic carbocycles. The van der Waals surface area contributed by atoms with Crippen LogP contribution in [-0.4, -0.2) is 53.5 Å². The van der Waals surface area contributed by atoms with Gasteiger partial charge >= 0.3 is 12.2 Å². The van der Waals surface area contributed by atoms with Crippen LogP contribution in [0.15, 0.2) is 55.6 Å². The fourth-order valence-corrected chi connectivity index (χ4v) is 3.55. The minimum atomic E-state index is -0.467. The van der Waals surface area contributed by atoms with Crippen LogP contribution in [0.3, 0.4) is 0 Å². The Morgan fingerprint density at radius 1 is 0.829 bits per heavy atom. The predicted molar refractivity (Wildman–Crippen MR) is 144 cm³/mol. The quantitative estimate of drug-likeness (QED) is 0.517. The van der Waals surface area contributed by atoms with Crippen LogP contribution in [0.5, 0.6) is 11.5 Å². The van der Waals surface area contributed by atoms with E-state index in [9.17, 15) is 9.59 Å². The second kappa shape index (κ2) is 14.3. The van der Waals surface area contributed by atoms with Crippen molar-refractivity contribution in [2.75, 3.05) is 51.1 Å². The van der Waals surface area contributed by atoms with Crippen molar-refractivity contribution in [2.45, 2.75) is 20.8 Å². The monoisotopic (exact) mass is 482 g/mol. The molecule has 0 heterocycles. The Balaban J connectivity index is 0.000000365. The van der Waals surface area contributed by atoms with E-state index in [2.05, 4.69) is 28.7 Å². The maximum absolute atomic E-state index is 11.3. The Morgan fingerprint density at radius 3 is 1.69 bits per heavy atom. The number of aryl methyl sites for hydroxylation is 3. The minimum Gasteiger partial charge on any atom is -0.410 e. The third-order valence-electron chi connectivity index (χ3n) is 4.96. The summed E-state index contributed by atoms with van der Waals surface area (Å²) >= 11 is 0. The molecule has 2 aromatic rings. The maximum Gasteiger partial charge on any atom is 0.412 e. The van der Waals surface area contributed by atoms with Crippen molar-refractivity contribution < 1.29 is 19.1 Å². The number of hydrogen-bond donors (Lipinski definition) is 2. The second-order valence-corrected chi connectivity index (χ2v) is 8.01. The number of benzene rings is 2. The molecule has 0 bridgehead atoms. The molecule has 0 fully saturated rings. The van der Waals surface area contributed by atoms with Gasteiger partial charge in [-0.25, -0.2) is 9.59 Å². The van der Waals surface area contributed by atoms with Crippen LogP contribution >= 0.6 is 0 Å². The van der Waals surface area contributed by atoms with Crippen molar-refractivity contribution in [3.8, 4) is 11.5 Å². The average molecular weight is 483 g/mol. The van der Waals surface area contributed by atoms with Crippen molar-refractivity contribution >= 4 is 23.6 Å². The highest BCUT2D eigenvalue weighted by atomic mass is 16.6. The van der Waals surface area contributed by atoms with Crippen LogP contribution in [0.4, 0.5) is 21.0 Å². The van der Waals surface area contributed by atoms with Gasteiger partial charge in [-0.2, -0.15) is 0 Å². The lowest BCUT2D eigenvalue weighted by Crippen LogP contribution is -2.25. The van der Waals surface area contributed by atoms with Crippen LogP contribution in [0.1, 0.15) is 16.7 Å². The summed E-state index contributed by atoms with van der Waals surface area (Å²) in [5, 5.41) is 4.83. The summed E-state index contributed by atoms with van der Waals surface area (Å²) in [7, 11) is 7.01. The van der Waals surface area contributed by atoms with E-state index in [-0.39, 0.29) is 0 Å². The number of nitrogens with one attached hydrogen (secondary N) is 2. The summed E-state index contributed by atoms with van der Waals surface area (Å²) in [6, 6.07) is 9.25. The molecule has 190 valence electrons. The Hall–Kier alpha value is -3.94. The molecule has 0 aliphatic heterocycles. The first-order valence-corrected chi connectivity index (χ1v) is 11.2. The molecule has 0 aromatic heterocycles. The number of ether oxygens (including phenoxy) is 2. The van der Waals surface area contributed by atoms with Gasteiger partial charge in [-0.15, -0.1) is 13.2 Å². The summed E-state index contributed by atoms with van der Waals surface area (Å²) in [5.74, 6) is 1.10. The summed E-state index contributed by atoms with van der Waals surface area (Å²) in [6.07, 6.45) is 2.80. The Labute approximate surface area is 209 Å². The molecule has 2 rings (SSSR count). The molecule has 0 spiro atoms. The van der Waals surface area contributed by atoms with Gasteiger partial charge in [0.2, 0.25) is 0 Å². The molecule has 2 aromatic carbocycles. The van der Waals surface area contributed by atoms with Gasteiger partial charge in [-0.3, -0.25) is 0 Å². The molecular formula is C27H38N4O4. The number of anilines is 2. The topological polar surface area (TPSA) is 83.1 Å². The highest BCUT2D eigenvalue weighted by Crippen LogP contribution is 2.30. The smallest absolute Gasteiger partial charge is 0.410 e. The van der Waals surface area contributed by atoms with Crippen LogP contribution in [0, 0.1) is 20.8 Å². The first-order chi connectivity index (χ1) is 16.6. The van der Waals surface area contributed by atoms with Gasteiger partial charge in [0.1, 0.15) is 11.5 Å². The SMILES string of the molecule is C=CCN(CC=C)c1c(C)cc(OC(=O)NC)cc1C.CNC(=O)Oc1ccc(N(C)C)c(C)c1. The fourth-order valence-electron chi connectivity index (χ4n) is 3.55. The molecule has 0 atom stereocenters. The number of carbonyl (C=O) groups is 2. The van der Waals surface area contributed by atoms with Crippen molar-refractivity contribution in [2.24, 2.45) is 0 Å². The van der Waals surface area contributed by atoms with Gasteiger partial charge in [-0.05, 0) is 67.8 Å². The Bertz CT molecular complexity index is 1000. The Morgan fingerprint density at radius 2 is 1.29 bits per heavy atom. The number of hydrogen-bond acceptors (Lipinski definition) is 6. The normalized spacial score (nSPS) is 9.69. The van der Waals surface area contributed by atoms with Gasteiger partial charge in [0.05, 0.1) is 0 Å². The maximum atomic E-state index is 11.3. The van der Waals surface area contributed by atoms with E-state index in [1.165, 1.54) is 14.1 Å². The first-order valence-electron chi connectivity index (χ1n) is 11.2. The molecule has 0 radical (unpaired) electrons. The molecule has 2 N–H and O–H groups in total. The first kappa shape index (κ1) is 29.1. The molecule has 2 amide bonds. The molecule has 0 saturated carbocycles. The number of rotatable bonds is 8. The average Bonchev–Trinajstić information content (AvgIpc) is 2.79. The largest absolute Gasteiger partial charge is 0.412 e. The van der Waals surface area contributed by atoms with Crippen LogP contribution in [-0.2, 0) is 0 Å². The fraction of sp³-hybridized carbons (Fsp3) is 0.333. The van der Waals surface area contributed by atoms with E-state index in [0.29, 0.717) is 11.5 Å². The van der Waals surface area contributed by atoms with Crippen molar-refractivity contribution in [1.29, 1.82) is 0 Å².